The Kier molecular flexibility index (Phi) is 5.25. The fourth-order valence-corrected chi connectivity index (χ4v) is 3.03. The summed E-state index contributed by atoms with van der Waals surface area (Å²) in [5.74, 6) is 1.84. The fourth-order valence-electron chi connectivity index (χ4n) is 3.03. The van der Waals surface area contributed by atoms with Gasteiger partial charge in [-0.05, 0) is 37.4 Å². The van der Waals surface area contributed by atoms with Crippen LogP contribution in [0, 0.1) is 5.92 Å². The van der Waals surface area contributed by atoms with Crippen molar-refractivity contribution in [1.29, 1.82) is 0 Å². The largest absolute Gasteiger partial charge is 0.339 e. The predicted octanol–water partition coefficient (Wildman–Crippen LogP) is 2.87. The van der Waals surface area contributed by atoms with Crippen molar-refractivity contribution in [2.75, 3.05) is 11.9 Å². The normalized spacial score (nSPS) is 18.2. The number of anilines is 1. The number of carbonyl (C=O) groups is 1. The van der Waals surface area contributed by atoms with E-state index >= 15 is 0 Å². The number of carbonyl (C=O) groups excluding carboxylic acids is 1. The minimum absolute atomic E-state index is 0.0320. The molecular formula is C18H24N4O2. The molecule has 1 aromatic heterocycles. The van der Waals surface area contributed by atoms with Gasteiger partial charge in [-0.15, -0.1) is 0 Å². The summed E-state index contributed by atoms with van der Waals surface area (Å²) >= 11 is 0. The first-order valence-corrected chi connectivity index (χ1v) is 8.53. The molecule has 0 spiro atoms. The summed E-state index contributed by atoms with van der Waals surface area (Å²) in [7, 11) is 0. The first-order valence-electron chi connectivity index (χ1n) is 8.53. The molecule has 24 heavy (non-hydrogen) atoms. The molecule has 0 unspecified atom stereocenters. The Morgan fingerprint density at radius 1 is 1.38 bits per heavy atom. The summed E-state index contributed by atoms with van der Waals surface area (Å²) < 4.78 is 5.29. The van der Waals surface area contributed by atoms with Crippen LogP contribution in [0.25, 0.3) is 0 Å². The van der Waals surface area contributed by atoms with Crippen LogP contribution >= 0.6 is 0 Å². The fraction of sp³-hybridized carbons (Fsp3) is 0.500. The van der Waals surface area contributed by atoms with Crippen LogP contribution < -0.4 is 5.32 Å². The first kappa shape index (κ1) is 16.6. The lowest BCUT2D eigenvalue weighted by molar-refractivity contribution is -0.120. The third-order valence-corrected chi connectivity index (χ3v) is 4.15. The number of para-hydroxylation sites is 1. The van der Waals surface area contributed by atoms with Crippen molar-refractivity contribution in [2.45, 2.75) is 45.7 Å². The first-order chi connectivity index (χ1) is 11.6. The van der Waals surface area contributed by atoms with Gasteiger partial charge in [0.1, 0.15) is 0 Å². The van der Waals surface area contributed by atoms with Crippen LogP contribution in [0.1, 0.15) is 38.4 Å². The lowest BCUT2D eigenvalue weighted by Gasteiger charge is -2.22. The molecule has 0 bridgehead atoms. The second kappa shape index (κ2) is 7.57. The van der Waals surface area contributed by atoms with Gasteiger partial charge < -0.3 is 9.84 Å². The average molecular weight is 328 g/mol. The van der Waals surface area contributed by atoms with Crippen LogP contribution in [-0.2, 0) is 17.8 Å². The van der Waals surface area contributed by atoms with Gasteiger partial charge in [0, 0.05) is 12.1 Å². The molecule has 3 rings (SSSR count). The highest BCUT2D eigenvalue weighted by molar-refractivity contribution is 5.94. The molecule has 1 aliphatic heterocycles. The molecule has 128 valence electrons. The summed E-state index contributed by atoms with van der Waals surface area (Å²) in [5, 5.41) is 7.04. The van der Waals surface area contributed by atoms with E-state index in [1.54, 1.807) is 0 Å². The topological polar surface area (TPSA) is 71.3 Å². The van der Waals surface area contributed by atoms with Crippen LogP contribution in [0.15, 0.2) is 34.9 Å². The van der Waals surface area contributed by atoms with Gasteiger partial charge in [0.2, 0.25) is 11.8 Å². The molecule has 1 N–H and O–H groups in total. The number of rotatable bonds is 6. The quantitative estimate of drug-likeness (QED) is 0.883. The van der Waals surface area contributed by atoms with Gasteiger partial charge in [0.05, 0.1) is 12.6 Å². The highest BCUT2D eigenvalue weighted by Gasteiger charge is 2.31. The summed E-state index contributed by atoms with van der Waals surface area (Å²) in [6.07, 6.45) is 2.64. The van der Waals surface area contributed by atoms with E-state index in [2.05, 4.69) is 34.2 Å². The van der Waals surface area contributed by atoms with Crippen molar-refractivity contribution in [2.24, 2.45) is 5.92 Å². The minimum Gasteiger partial charge on any atom is -0.339 e. The molecule has 1 saturated heterocycles. The van der Waals surface area contributed by atoms with E-state index in [0.29, 0.717) is 24.2 Å². The Bertz CT molecular complexity index is 669. The minimum atomic E-state index is -0.141. The van der Waals surface area contributed by atoms with Crippen molar-refractivity contribution in [3.8, 4) is 0 Å². The number of aromatic nitrogens is 2. The van der Waals surface area contributed by atoms with E-state index in [9.17, 15) is 4.79 Å². The van der Waals surface area contributed by atoms with Crippen LogP contribution in [0.2, 0.25) is 0 Å². The zero-order chi connectivity index (χ0) is 16.9. The van der Waals surface area contributed by atoms with Crippen LogP contribution in [0.3, 0.4) is 0 Å². The van der Waals surface area contributed by atoms with E-state index in [0.717, 1.165) is 31.5 Å². The molecule has 0 saturated carbocycles. The van der Waals surface area contributed by atoms with E-state index < -0.39 is 0 Å². The molecule has 6 nitrogen and oxygen atoms in total. The Labute approximate surface area is 142 Å². The van der Waals surface area contributed by atoms with Crippen LogP contribution in [0.4, 0.5) is 5.69 Å². The molecule has 1 fully saturated rings. The molecule has 1 amide bonds. The Hall–Kier alpha value is -2.21. The average Bonchev–Trinajstić information content (AvgIpc) is 3.18. The van der Waals surface area contributed by atoms with Crippen molar-refractivity contribution in [3.05, 3.63) is 42.0 Å². The lowest BCUT2D eigenvalue weighted by Crippen LogP contribution is -2.39. The molecule has 1 atom stereocenters. The smallest absolute Gasteiger partial charge is 0.241 e. The Balaban J connectivity index is 1.60. The summed E-state index contributed by atoms with van der Waals surface area (Å²) in [6, 6.07) is 9.41. The van der Waals surface area contributed by atoms with Crippen molar-refractivity contribution in [3.63, 3.8) is 0 Å². The van der Waals surface area contributed by atoms with E-state index in [1.807, 2.05) is 30.3 Å². The van der Waals surface area contributed by atoms with Gasteiger partial charge in [-0.1, -0.05) is 37.2 Å². The van der Waals surface area contributed by atoms with Gasteiger partial charge in [0.15, 0.2) is 5.82 Å². The highest BCUT2D eigenvalue weighted by Crippen LogP contribution is 2.21. The van der Waals surface area contributed by atoms with E-state index in [-0.39, 0.29) is 11.9 Å². The third kappa shape index (κ3) is 4.20. The monoisotopic (exact) mass is 328 g/mol. The lowest BCUT2D eigenvalue weighted by atomic mass is 10.1. The van der Waals surface area contributed by atoms with Gasteiger partial charge >= 0.3 is 0 Å². The molecule has 1 aliphatic rings. The third-order valence-electron chi connectivity index (χ3n) is 4.15. The Morgan fingerprint density at radius 3 is 2.92 bits per heavy atom. The standard InChI is InChI=1S/C18H24N4O2/c1-13(2)11-17-20-16(21-24-17)12-22-10-6-9-15(22)18(23)19-14-7-4-3-5-8-14/h3-5,7-8,13,15H,6,9-12H2,1-2H3,(H,19,23)/t15-/m1/s1. The number of hydrogen-bond donors (Lipinski definition) is 1. The maximum absolute atomic E-state index is 12.5. The zero-order valence-electron chi connectivity index (χ0n) is 14.2. The molecule has 6 heteroatoms. The van der Waals surface area contributed by atoms with Crippen molar-refractivity contribution >= 4 is 11.6 Å². The van der Waals surface area contributed by atoms with Gasteiger partial charge in [0.25, 0.3) is 0 Å². The van der Waals surface area contributed by atoms with Crippen molar-refractivity contribution < 1.29 is 9.32 Å². The number of benzene rings is 1. The maximum Gasteiger partial charge on any atom is 0.241 e. The summed E-state index contributed by atoms with van der Waals surface area (Å²) in [4.78, 5) is 19.1. The van der Waals surface area contributed by atoms with E-state index in [4.69, 9.17) is 4.52 Å². The second-order valence-electron chi connectivity index (χ2n) is 6.69. The number of likely N-dealkylation sites (tertiary alicyclic amines) is 1. The highest BCUT2D eigenvalue weighted by atomic mass is 16.5. The van der Waals surface area contributed by atoms with Crippen molar-refractivity contribution in [1.82, 2.24) is 15.0 Å². The second-order valence-corrected chi connectivity index (χ2v) is 6.69. The van der Waals surface area contributed by atoms with Gasteiger partial charge in [-0.2, -0.15) is 4.98 Å². The zero-order valence-corrected chi connectivity index (χ0v) is 14.2. The Morgan fingerprint density at radius 2 is 2.17 bits per heavy atom. The number of nitrogens with zero attached hydrogens (tertiary/aromatic N) is 3. The molecule has 2 heterocycles. The molecule has 1 aromatic carbocycles. The number of nitrogens with one attached hydrogen (secondary N) is 1. The van der Waals surface area contributed by atoms with E-state index in [1.165, 1.54) is 0 Å². The molecule has 0 aliphatic carbocycles. The predicted molar refractivity (Wildman–Crippen MR) is 91.3 cm³/mol. The number of amides is 1. The SMILES string of the molecule is CC(C)Cc1nc(CN2CCC[C@@H]2C(=O)Nc2ccccc2)no1. The van der Waals surface area contributed by atoms with Gasteiger partial charge in [-0.25, -0.2) is 0 Å². The summed E-state index contributed by atoms with van der Waals surface area (Å²) in [6.45, 7) is 5.66. The molecule has 2 aromatic rings. The van der Waals surface area contributed by atoms with Gasteiger partial charge in [-0.3, -0.25) is 9.69 Å². The maximum atomic E-state index is 12.5. The number of hydrogen-bond acceptors (Lipinski definition) is 5. The van der Waals surface area contributed by atoms with Crippen LogP contribution in [-0.4, -0.2) is 33.5 Å². The summed E-state index contributed by atoms with van der Waals surface area (Å²) in [5.41, 5.74) is 0.827. The molecular weight excluding hydrogens is 304 g/mol. The molecule has 0 radical (unpaired) electrons. The van der Waals surface area contributed by atoms with Crippen LogP contribution in [0.5, 0.6) is 0 Å².